The van der Waals surface area contributed by atoms with Crippen molar-refractivity contribution in [2.45, 2.75) is 84.7 Å². The van der Waals surface area contributed by atoms with Crippen LogP contribution in [-0.4, -0.2) is 66.3 Å². The van der Waals surface area contributed by atoms with Crippen molar-refractivity contribution < 1.29 is 19.4 Å². The maximum Gasteiger partial charge on any atom is 0.409 e. The summed E-state index contributed by atoms with van der Waals surface area (Å²) in [4.78, 5) is 28.6. The summed E-state index contributed by atoms with van der Waals surface area (Å²) in [6, 6.07) is 0. The van der Waals surface area contributed by atoms with Crippen LogP contribution in [0.3, 0.4) is 0 Å². The minimum Gasteiger partial charge on any atom is -0.453 e. The van der Waals surface area contributed by atoms with E-state index in [0.717, 1.165) is 37.0 Å². The molecule has 1 unspecified atom stereocenters. The predicted octanol–water partition coefficient (Wildman–Crippen LogP) is 4.86. The summed E-state index contributed by atoms with van der Waals surface area (Å²) in [5.74, 6) is 3.53. The van der Waals surface area contributed by atoms with Crippen LogP contribution < -0.4 is 0 Å². The second-order valence-corrected chi connectivity index (χ2v) is 12.9. The first kappa shape index (κ1) is 25.1. The largest absolute Gasteiger partial charge is 0.453 e. The predicted molar refractivity (Wildman–Crippen MR) is 136 cm³/mol. The molecule has 35 heavy (non-hydrogen) atoms. The van der Waals surface area contributed by atoms with Crippen LogP contribution in [0, 0.1) is 40.4 Å². The lowest BCUT2D eigenvalue weighted by Gasteiger charge is -2.58. The minimum absolute atomic E-state index is 0.141. The van der Waals surface area contributed by atoms with Gasteiger partial charge in [0.25, 0.3) is 0 Å². The highest BCUT2D eigenvalue weighted by Gasteiger charge is 2.59. The molecule has 1 N–H and O–H groups in total. The number of aliphatic hydroxyl groups excluding tert-OH is 1. The molecule has 0 spiro atoms. The number of piperazine rings is 1. The van der Waals surface area contributed by atoms with E-state index in [4.69, 9.17) is 4.74 Å². The van der Waals surface area contributed by atoms with Crippen molar-refractivity contribution in [1.82, 2.24) is 9.80 Å². The van der Waals surface area contributed by atoms with Crippen LogP contribution in [0.4, 0.5) is 4.79 Å². The van der Waals surface area contributed by atoms with Gasteiger partial charge in [-0.1, -0.05) is 32.4 Å². The maximum atomic E-state index is 13.2. The first-order valence-electron chi connectivity index (χ1n) is 14.2. The zero-order valence-electron chi connectivity index (χ0n) is 22.3. The molecule has 5 rings (SSSR count). The highest BCUT2D eigenvalue weighted by Crippen LogP contribution is 2.67. The second-order valence-electron chi connectivity index (χ2n) is 12.9. The van der Waals surface area contributed by atoms with Crippen LogP contribution in [0.2, 0.25) is 0 Å². The molecule has 8 atom stereocenters. The summed E-state index contributed by atoms with van der Waals surface area (Å²) in [5, 5.41) is 10.3. The fourth-order valence-electron chi connectivity index (χ4n) is 9.43. The van der Waals surface area contributed by atoms with Crippen molar-refractivity contribution in [3.05, 3.63) is 11.6 Å². The van der Waals surface area contributed by atoms with Crippen molar-refractivity contribution in [1.29, 1.82) is 0 Å². The Morgan fingerprint density at radius 1 is 1.06 bits per heavy atom. The van der Waals surface area contributed by atoms with Gasteiger partial charge in [-0.2, -0.15) is 0 Å². The third-order valence-electron chi connectivity index (χ3n) is 11.4. The SMILES string of the molecule is COC(=O)N1CCN(C(=O)CC(C)[C@H]2CC[C@H]3[C@@H]4CC=C5C[C@@H](O)CC[C@]5(C)[C@H]4CC[C@]23C)CC1. The Kier molecular flexibility index (Phi) is 6.73. The number of fused-ring (bicyclic) bond motifs is 5. The smallest absolute Gasteiger partial charge is 0.409 e. The number of methoxy groups -OCH3 is 1. The van der Waals surface area contributed by atoms with E-state index in [9.17, 15) is 14.7 Å². The van der Waals surface area contributed by atoms with E-state index in [2.05, 4.69) is 26.8 Å². The molecule has 2 amide bonds. The number of hydrogen-bond donors (Lipinski definition) is 1. The highest BCUT2D eigenvalue weighted by molar-refractivity contribution is 5.77. The number of ether oxygens (including phenoxy) is 1. The molecule has 6 nitrogen and oxygen atoms in total. The molecule has 6 heteroatoms. The summed E-state index contributed by atoms with van der Waals surface area (Å²) in [5.41, 5.74) is 2.16. The van der Waals surface area contributed by atoms with Crippen molar-refractivity contribution in [3.63, 3.8) is 0 Å². The van der Waals surface area contributed by atoms with Gasteiger partial charge in [-0.25, -0.2) is 4.79 Å². The standard InChI is InChI=1S/C29H46N2O4/c1-19(17-26(33)30-13-15-31(16-14-30)27(34)35-4)23-7-8-24-22-6-5-20-18-21(32)9-11-28(20,2)25(22)10-12-29(23,24)3/h5,19,21-25,32H,6-18H2,1-4H3/t19?,21-,22-,23+,24-,25-,28-,29+/m0/s1. The van der Waals surface area contributed by atoms with E-state index in [1.165, 1.54) is 39.2 Å². The average Bonchev–Trinajstić information content (AvgIpc) is 3.21. The van der Waals surface area contributed by atoms with Gasteiger partial charge in [0.2, 0.25) is 5.91 Å². The third-order valence-corrected chi connectivity index (χ3v) is 11.4. The van der Waals surface area contributed by atoms with Gasteiger partial charge in [0.05, 0.1) is 13.2 Å². The summed E-state index contributed by atoms with van der Waals surface area (Å²) in [7, 11) is 1.41. The topological polar surface area (TPSA) is 70.1 Å². The fraction of sp³-hybridized carbons (Fsp3) is 0.862. The highest BCUT2D eigenvalue weighted by atomic mass is 16.5. The number of amides is 2. The van der Waals surface area contributed by atoms with Gasteiger partial charge in [0.1, 0.15) is 0 Å². The summed E-state index contributed by atoms with van der Waals surface area (Å²) < 4.78 is 4.83. The Balaban J connectivity index is 1.23. The molecule has 0 radical (unpaired) electrons. The van der Waals surface area contributed by atoms with E-state index in [0.29, 0.717) is 49.9 Å². The Bertz CT molecular complexity index is 865. The zero-order valence-corrected chi connectivity index (χ0v) is 22.3. The third kappa shape index (κ3) is 4.22. The summed E-state index contributed by atoms with van der Waals surface area (Å²) in [6.07, 6.45) is 12.0. The van der Waals surface area contributed by atoms with Crippen LogP contribution >= 0.6 is 0 Å². The van der Waals surface area contributed by atoms with Crippen LogP contribution in [0.5, 0.6) is 0 Å². The second kappa shape index (κ2) is 9.39. The van der Waals surface area contributed by atoms with E-state index < -0.39 is 0 Å². The van der Waals surface area contributed by atoms with E-state index >= 15 is 0 Å². The van der Waals surface area contributed by atoms with Crippen LogP contribution in [0.25, 0.3) is 0 Å². The van der Waals surface area contributed by atoms with Crippen LogP contribution in [0.15, 0.2) is 11.6 Å². The lowest BCUT2D eigenvalue weighted by atomic mass is 9.47. The molecular weight excluding hydrogens is 440 g/mol. The van der Waals surface area contributed by atoms with Crippen LogP contribution in [-0.2, 0) is 9.53 Å². The quantitative estimate of drug-likeness (QED) is 0.578. The normalized spacial score (nSPS) is 41.9. The van der Waals surface area contributed by atoms with E-state index in [1.54, 1.807) is 10.5 Å². The average molecular weight is 487 g/mol. The Morgan fingerprint density at radius 3 is 2.49 bits per heavy atom. The van der Waals surface area contributed by atoms with Gasteiger partial charge in [-0.3, -0.25) is 4.79 Å². The molecule has 1 saturated heterocycles. The molecule has 196 valence electrons. The van der Waals surface area contributed by atoms with E-state index in [-0.39, 0.29) is 23.5 Å². The van der Waals surface area contributed by atoms with Crippen molar-refractivity contribution in [3.8, 4) is 0 Å². The molecule has 0 aromatic heterocycles. The van der Waals surface area contributed by atoms with Gasteiger partial charge in [0, 0.05) is 32.6 Å². The number of carbonyl (C=O) groups excluding carboxylic acids is 2. The summed E-state index contributed by atoms with van der Waals surface area (Å²) >= 11 is 0. The number of carbonyl (C=O) groups is 2. The first-order chi connectivity index (χ1) is 16.7. The molecule has 3 saturated carbocycles. The van der Waals surface area contributed by atoms with Crippen molar-refractivity contribution in [2.75, 3.05) is 33.3 Å². The van der Waals surface area contributed by atoms with E-state index in [1.807, 2.05) is 4.90 Å². The Labute approximate surface area is 211 Å². The van der Waals surface area contributed by atoms with Gasteiger partial charge in [-0.05, 0) is 91.8 Å². The zero-order chi connectivity index (χ0) is 25.0. The molecule has 4 aliphatic carbocycles. The number of aliphatic hydroxyl groups is 1. The Hall–Kier alpha value is -1.56. The molecule has 0 aromatic rings. The lowest BCUT2D eigenvalue weighted by Crippen LogP contribution is -2.52. The van der Waals surface area contributed by atoms with Gasteiger partial charge < -0.3 is 19.6 Å². The molecule has 5 aliphatic rings. The first-order valence-corrected chi connectivity index (χ1v) is 14.2. The number of rotatable bonds is 3. The number of nitrogens with zero attached hydrogens (tertiary/aromatic N) is 2. The monoisotopic (exact) mass is 486 g/mol. The number of allylic oxidation sites excluding steroid dienone is 1. The molecular formula is C29H46N2O4. The molecule has 0 aromatic carbocycles. The van der Waals surface area contributed by atoms with Crippen molar-refractivity contribution in [2.24, 2.45) is 40.4 Å². The maximum absolute atomic E-state index is 13.2. The summed E-state index contributed by atoms with van der Waals surface area (Å²) in [6.45, 7) is 9.70. The van der Waals surface area contributed by atoms with Gasteiger partial charge in [0.15, 0.2) is 0 Å². The van der Waals surface area contributed by atoms with Crippen LogP contribution in [0.1, 0.15) is 78.6 Å². The molecule has 0 bridgehead atoms. The fourth-order valence-corrected chi connectivity index (χ4v) is 9.43. The Morgan fingerprint density at radius 2 is 1.77 bits per heavy atom. The van der Waals surface area contributed by atoms with Crippen molar-refractivity contribution >= 4 is 12.0 Å². The minimum atomic E-state index is -0.297. The molecule has 1 heterocycles. The van der Waals surface area contributed by atoms with Gasteiger partial charge in [-0.15, -0.1) is 0 Å². The van der Waals surface area contributed by atoms with Gasteiger partial charge >= 0.3 is 6.09 Å². The molecule has 1 aliphatic heterocycles. The number of hydrogen-bond acceptors (Lipinski definition) is 4. The lowest BCUT2D eigenvalue weighted by molar-refractivity contribution is -0.134. The molecule has 4 fully saturated rings.